The summed E-state index contributed by atoms with van der Waals surface area (Å²) in [5.41, 5.74) is 3.37. The van der Waals surface area contributed by atoms with Crippen molar-refractivity contribution in [2.75, 3.05) is 6.61 Å². The van der Waals surface area contributed by atoms with Crippen molar-refractivity contribution >= 4 is 23.4 Å². The number of imide groups is 1. The topological polar surface area (TPSA) is 68.3 Å². The number of carbonyl (C=O) groups excluding carboxylic acids is 2. The fourth-order valence-corrected chi connectivity index (χ4v) is 3.49. The number of pyridine rings is 1. The van der Waals surface area contributed by atoms with E-state index >= 15 is 0 Å². The number of carbonyl (C=O) groups is 2. The summed E-state index contributed by atoms with van der Waals surface area (Å²) in [6, 6.07) is 12.0. The van der Waals surface area contributed by atoms with Gasteiger partial charge in [0.2, 0.25) is 6.41 Å². The molecular weight excluding hydrogens is 360 g/mol. The van der Waals surface area contributed by atoms with Crippen molar-refractivity contribution in [3.8, 4) is 5.75 Å². The minimum absolute atomic E-state index is 0.314. The first-order valence-electron chi connectivity index (χ1n) is 9.00. The quantitative estimate of drug-likeness (QED) is 0.655. The standard InChI is InChI=1S/C21H26N2O3S/c1-4-16-5-8-18(22-14-16)11-12-26-19-9-6-17(7-10-19)13-21(2,3)27-20(25)23-15-24/h5-10,14-15H,4,11-13H2,1-3H3,(H,23,24,25). The van der Waals surface area contributed by atoms with Gasteiger partial charge in [-0.2, -0.15) is 0 Å². The SMILES string of the molecule is CCc1ccc(CCOc2ccc(CC(C)(C)SC(=O)NC=O)cc2)nc1. The first-order chi connectivity index (χ1) is 12.9. The molecule has 2 aromatic rings. The number of hydrogen-bond donors (Lipinski definition) is 1. The summed E-state index contributed by atoms with van der Waals surface area (Å²) in [5, 5.41) is 1.82. The Bertz CT molecular complexity index is 743. The zero-order chi connectivity index (χ0) is 19.7. The van der Waals surface area contributed by atoms with Crippen LogP contribution in [0.5, 0.6) is 5.75 Å². The molecule has 0 aliphatic carbocycles. The number of amides is 2. The van der Waals surface area contributed by atoms with Crippen molar-refractivity contribution in [1.82, 2.24) is 10.3 Å². The molecule has 0 fully saturated rings. The maximum Gasteiger partial charge on any atom is 0.285 e. The summed E-state index contributed by atoms with van der Waals surface area (Å²) in [6.45, 7) is 6.64. The largest absolute Gasteiger partial charge is 0.493 e. The lowest BCUT2D eigenvalue weighted by Gasteiger charge is -2.22. The third-order valence-electron chi connectivity index (χ3n) is 4.02. The minimum atomic E-state index is -0.337. The summed E-state index contributed by atoms with van der Waals surface area (Å²) in [6.07, 6.45) is 4.79. The second-order valence-electron chi connectivity index (χ2n) is 6.84. The van der Waals surface area contributed by atoms with E-state index < -0.39 is 0 Å². The van der Waals surface area contributed by atoms with Crippen molar-refractivity contribution in [3.63, 3.8) is 0 Å². The Kier molecular flexibility index (Phi) is 7.85. The van der Waals surface area contributed by atoms with E-state index in [9.17, 15) is 9.59 Å². The summed E-state index contributed by atoms with van der Waals surface area (Å²) >= 11 is 1.12. The molecule has 2 amide bonds. The highest BCUT2D eigenvalue weighted by Crippen LogP contribution is 2.29. The van der Waals surface area contributed by atoms with E-state index in [1.807, 2.05) is 50.4 Å². The number of rotatable bonds is 9. The van der Waals surface area contributed by atoms with Gasteiger partial charge in [0.25, 0.3) is 5.24 Å². The molecule has 6 heteroatoms. The van der Waals surface area contributed by atoms with Gasteiger partial charge in [-0.25, -0.2) is 0 Å². The predicted molar refractivity (Wildman–Crippen MR) is 109 cm³/mol. The van der Waals surface area contributed by atoms with E-state index in [2.05, 4.69) is 23.3 Å². The maximum atomic E-state index is 11.6. The fraction of sp³-hybridized carbons (Fsp3) is 0.381. The van der Waals surface area contributed by atoms with Gasteiger partial charge in [-0.1, -0.05) is 36.9 Å². The van der Waals surface area contributed by atoms with Crippen LogP contribution in [0.2, 0.25) is 0 Å². The number of hydrogen-bond acceptors (Lipinski definition) is 5. The second-order valence-corrected chi connectivity index (χ2v) is 8.52. The molecule has 0 aliphatic heterocycles. The highest BCUT2D eigenvalue weighted by Gasteiger charge is 2.23. The Hall–Kier alpha value is -2.34. The van der Waals surface area contributed by atoms with Crippen LogP contribution in [-0.4, -0.2) is 28.0 Å². The third kappa shape index (κ3) is 7.43. The van der Waals surface area contributed by atoms with Crippen LogP contribution < -0.4 is 10.1 Å². The molecule has 0 aliphatic rings. The summed E-state index contributed by atoms with van der Waals surface area (Å²) in [7, 11) is 0. The van der Waals surface area contributed by atoms with Crippen molar-refractivity contribution < 1.29 is 14.3 Å². The van der Waals surface area contributed by atoms with Gasteiger partial charge in [0.15, 0.2) is 0 Å². The number of aromatic nitrogens is 1. The molecule has 1 aromatic heterocycles. The Labute approximate surface area is 164 Å². The van der Waals surface area contributed by atoms with Crippen LogP contribution in [0.3, 0.4) is 0 Å². The molecule has 1 heterocycles. The van der Waals surface area contributed by atoms with Gasteiger partial charge in [0.1, 0.15) is 5.75 Å². The average Bonchev–Trinajstić information content (AvgIpc) is 2.63. The van der Waals surface area contributed by atoms with Crippen LogP contribution in [0.15, 0.2) is 42.6 Å². The van der Waals surface area contributed by atoms with Crippen LogP contribution in [0, 0.1) is 0 Å². The zero-order valence-corrected chi connectivity index (χ0v) is 16.8. The van der Waals surface area contributed by atoms with E-state index in [1.54, 1.807) is 0 Å². The minimum Gasteiger partial charge on any atom is -0.493 e. The van der Waals surface area contributed by atoms with Crippen molar-refractivity contribution in [1.29, 1.82) is 0 Å². The predicted octanol–water partition coefficient (Wildman–Crippen LogP) is 4.19. The molecule has 1 aromatic carbocycles. The van der Waals surface area contributed by atoms with Gasteiger partial charge < -0.3 is 4.74 Å². The lowest BCUT2D eigenvalue weighted by atomic mass is 10.0. The molecule has 27 heavy (non-hydrogen) atoms. The van der Waals surface area contributed by atoms with Crippen molar-refractivity contribution in [2.45, 2.75) is 44.8 Å². The van der Waals surface area contributed by atoms with E-state index in [0.29, 0.717) is 19.4 Å². The lowest BCUT2D eigenvalue weighted by Crippen LogP contribution is -2.26. The van der Waals surface area contributed by atoms with Crippen LogP contribution in [0.1, 0.15) is 37.6 Å². The van der Waals surface area contributed by atoms with Crippen LogP contribution >= 0.6 is 11.8 Å². The monoisotopic (exact) mass is 386 g/mol. The second kappa shape index (κ2) is 10.1. The molecule has 0 saturated carbocycles. The smallest absolute Gasteiger partial charge is 0.285 e. The molecule has 0 spiro atoms. The van der Waals surface area contributed by atoms with Crippen molar-refractivity contribution in [2.24, 2.45) is 0 Å². The molecule has 0 saturated heterocycles. The van der Waals surface area contributed by atoms with Gasteiger partial charge in [-0.15, -0.1) is 0 Å². The Morgan fingerprint density at radius 2 is 1.89 bits per heavy atom. The normalized spacial score (nSPS) is 11.1. The summed E-state index contributed by atoms with van der Waals surface area (Å²) in [4.78, 5) is 26.3. The van der Waals surface area contributed by atoms with Gasteiger partial charge in [0.05, 0.1) is 6.61 Å². The first-order valence-corrected chi connectivity index (χ1v) is 9.82. The van der Waals surface area contributed by atoms with E-state index in [4.69, 9.17) is 4.74 Å². The molecule has 144 valence electrons. The Morgan fingerprint density at radius 3 is 2.48 bits per heavy atom. The number of nitrogens with zero attached hydrogens (tertiary/aromatic N) is 1. The van der Waals surface area contributed by atoms with Gasteiger partial charge in [-0.3, -0.25) is 19.9 Å². The molecule has 0 atom stereocenters. The van der Waals surface area contributed by atoms with E-state index in [1.165, 1.54) is 5.56 Å². The van der Waals surface area contributed by atoms with Crippen LogP contribution in [0.25, 0.3) is 0 Å². The third-order valence-corrected chi connectivity index (χ3v) is 5.02. The molecule has 1 N–H and O–H groups in total. The van der Waals surface area contributed by atoms with E-state index in [-0.39, 0.29) is 9.99 Å². The fourth-order valence-electron chi connectivity index (χ4n) is 2.65. The highest BCUT2D eigenvalue weighted by molar-refractivity contribution is 8.14. The molecule has 2 rings (SSSR count). The summed E-state index contributed by atoms with van der Waals surface area (Å²) < 4.78 is 5.49. The molecule has 0 unspecified atom stereocenters. The number of aryl methyl sites for hydroxylation is 1. The highest BCUT2D eigenvalue weighted by atomic mass is 32.2. The van der Waals surface area contributed by atoms with Gasteiger partial charge >= 0.3 is 0 Å². The number of ether oxygens (including phenoxy) is 1. The maximum absolute atomic E-state index is 11.6. The van der Waals surface area contributed by atoms with Crippen molar-refractivity contribution in [3.05, 3.63) is 59.4 Å². The summed E-state index contributed by atoms with van der Waals surface area (Å²) in [5.74, 6) is 0.813. The number of benzene rings is 1. The molecule has 5 nitrogen and oxygen atoms in total. The zero-order valence-electron chi connectivity index (χ0n) is 16.0. The van der Waals surface area contributed by atoms with Crippen LogP contribution in [0.4, 0.5) is 4.79 Å². The van der Waals surface area contributed by atoms with E-state index in [0.717, 1.165) is 41.6 Å². The number of nitrogens with one attached hydrogen (secondary N) is 1. The molecule has 0 radical (unpaired) electrons. The lowest BCUT2D eigenvalue weighted by molar-refractivity contribution is -0.108. The Morgan fingerprint density at radius 1 is 1.19 bits per heavy atom. The van der Waals surface area contributed by atoms with Crippen LogP contribution in [-0.2, 0) is 24.1 Å². The molecule has 0 bridgehead atoms. The first kappa shape index (κ1) is 21.0. The van der Waals surface area contributed by atoms with Gasteiger partial charge in [0, 0.05) is 23.1 Å². The number of thioether (sulfide) groups is 1. The van der Waals surface area contributed by atoms with Gasteiger partial charge in [-0.05, 0) is 56.0 Å². The Balaban J connectivity index is 1.81. The average molecular weight is 387 g/mol. The molecular formula is C21H26N2O3S.